The lowest BCUT2D eigenvalue weighted by atomic mass is 10.2. The van der Waals surface area contributed by atoms with Gasteiger partial charge in [-0.15, -0.1) is 0 Å². The van der Waals surface area contributed by atoms with Crippen molar-refractivity contribution in [3.05, 3.63) is 40.4 Å². The van der Waals surface area contributed by atoms with Crippen molar-refractivity contribution < 1.29 is 9.13 Å². The molecule has 0 unspecified atom stereocenters. The van der Waals surface area contributed by atoms with Gasteiger partial charge in [-0.25, -0.2) is 4.39 Å². The van der Waals surface area contributed by atoms with Crippen molar-refractivity contribution in [1.29, 1.82) is 0 Å². The Hall–Kier alpha value is -1.84. The molecule has 0 radical (unpaired) electrons. The Bertz CT molecular complexity index is 533. The lowest BCUT2D eigenvalue weighted by molar-refractivity contribution is 0.388. The molecule has 1 N–H and O–H groups in total. The first-order chi connectivity index (χ1) is 6.74. The molecule has 0 aliphatic heterocycles. The zero-order valence-corrected chi connectivity index (χ0v) is 7.50. The quantitative estimate of drug-likeness (QED) is 0.748. The second-order valence-corrected chi connectivity index (χ2v) is 2.85. The molecule has 0 saturated carbocycles. The molecule has 1 heterocycles. The number of fused-ring (bicyclic) bond motifs is 1. The fraction of sp³-hybridized carbons (Fsp3) is 0.100. The molecular formula is C10H8FNO2. The minimum Gasteiger partial charge on any atom is -0.494 e. The maximum Gasteiger partial charge on any atom is 0.189 e. The molecule has 2 aromatic rings. The van der Waals surface area contributed by atoms with Crippen molar-refractivity contribution in [1.82, 2.24) is 4.98 Å². The van der Waals surface area contributed by atoms with Gasteiger partial charge in [-0.2, -0.15) is 0 Å². The van der Waals surface area contributed by atoms with Gasteiger partial charge in [-0.1, -0.05) is 0 Å². The highest BCUT2D eigenvalue weighted by molar-refractivity contribution is 5.80. The van der Waals surface area contributed by atoms with E-state index in [0.29, 0.717) is 5.39 Å². The molecule has 0 aliphatic rings. The van der Waals surface area contributed by atoms with Crippen molar-refractivity contribution in [2.75, 3.05) is 7.11 Å². The van der Waals surface area contributed by atoms with Gasteiger partial charge in [0, 0.05) is 17.6 Å². The number of H-pyrrole nitrogens is 1. The van der Waals surface area contributed by atoms with Gasteiger partial charge in [0.25, 0.3) is 0 Å². The van der Waals surface area contributed by atoms with Crippen LogP contribution in [0.3, 0.4) is 0 Å². The van der Waals surface area contributed by atoms with E-state index in [4.69, 9.17) is 4.74 Å². The molecule has 0 aliphatic carbocycles. The lowest BCUT2D eigenvalue weighted by Gasteiger charge is -2.03. The van der Waals surface area contributed by atoms with E-state index in [1.54, 1.807) is 0 Å². The molecule has 0 amide bonds. The zero-order chi connectivity index (χ0) is 10.1. The second-order valence-electron chi connectivity index (χ2n) is 2.85. The summed E-state index contributed by atoms with van der Waals surface area (Å²) in [5.41, 5.74) is -0.0304. The van der Waals surface area contributed by atoms with E-state index in [2.05, 4.69) is 4.98 Å². The first-order valence-corrected chi connectivity index (χ1v) is 4.08. The van der Waals surface area contributed by atoms with Crippen LogP contribution in [0.2, 0.25) is 0 Å². The number of hydrogen-bond donors (Lipinski definition) is 1. The van der Waals surface area contributed by atoms with Gasteiger partial charge in [0.05, 0.1) is 12.6 Å². The van der Waals surface area contributed by atoms with Gasteiger partial charge in [0.15, 0.2) is 17.0 Å². The topological polar surface area (TPSA) is 42.1 Å². The maximum absolute atomic E-state index is 13.6. The Morgan fingerprint density at radius 2 is 2.14 bits per heavy atom. The van der Waals surface area contributed by atoms with E-state index in [1.165, 1.54) is 31.5 Å². The monoisotopic (exact) mass is 193 g/mol. The number of benzene rings is 1. The smallest absolute Gasteiger partial charge is 0.189 e. The van der Waals surface area contributed by atoms with E-state index in [9.17, 15) is 9.18 Å². The van der Waals surface area contributed by atoms with Crippen molar-refractivity contribution in [3.63, 3.8) is 0 Å². The Balaban J connectivity index is 2.91. The van der Waals surface area contributed by atoms with Crippen molar-refractivity contribution in [2.45, 2.75) is 0 Å². The third-order valence-corrected chi connectivity index (χ3v) is 2.05. The van der Waals surface area contributed by atoms with Crippen LogP contribution in [0.5, 0.6) is 5.75 Å². The zero-order valence-electron chi connectivity index (χ0n) is 7.50. The summed E-state index contributed by atoms with van der Waals surface area (Å²) < 4.78 is 18.4. The van der Waals surface area contributed by atoms with Crippen molar-refractivity contribution >= 4 is 10.9 Å². The van der Waals surface area contributed by atoms with Gasteiger partial charge in [-0.05, 0) is 12.1 Å². The third kappa shape index (κ3) is 1.16. The SMILES string of the molecule is COc1ccc2c(=O)cc[nH]c2c1F. The van der Waals surface area contributed by atoms with Crippen LogP contribution in [0.15, 0.2) is 29.2 Å². The summed E-state index contributed by atoms with van der Waals surface area (Å²) >= 11 is 0. The number of nitrogens with one attached hydrogen (secondary N) is 1. The van der Waals surface area contributed by atoms with Gasteiger partial charge in [0.2, 0.25) is 0 Å². The number of methoxy groups -OCH3 is 1. The lowest BCUT2D eigenvalue weighted by Crippen LogP contribution is -2.02. The highest BCUT2D eigenvalue weighted by Crippen LogP contribution is 2.22. The van der Waals surface area contributed by atoms with Gasteiger partial charge < -0.3 is 9.72 Å². The van der Waals surface area contributed by atoms with Gasteiger partial charge in [-0.3, -0.25) is 4.79 Å². The molecule has 0 atom stereocenters. The molecule has 14 heavy (non-hydrogen) atoms. The second kappa shape index (κ2) is 3.14. The van der Waals surface area contributed by atoms with Crippen molar-refractivity contribution in [2.24, 2.45) is 0 Å². The first-order valence-electron chi connectivity index (χ1n) is 4.08. The molecule has 0 bridgehead atoms. The minimum atomic E-state index is -0.539. The van der Waals surface area contributed by atoms with E-state index in [1.807, 2.05) is 0 Å². The standard InChI is InChI=1S/C10H8FNO2/c1-14-8-3-2-6-7(13)4-5-12-10(6)9(8)11/h2-5H,1H3,(H,12,13). The predicted octanol–water partition coefficient (Wildman–Crippen LogP) is 1.68. The van der Waals surface area contributed by atoms with E-state index in [-0.39, 0.29) is 16.7 Å². The number of aromatic amines is 1. The highest BCUT2D eigenvalue weighted by atomic mass is 19.1. The first kappa shape index (κ1) is 8.74. The fourth-order valence-corrected chi connectivity index (χ4v) is 1.35. The highest BCUT2D eigenvalue weighted by Gasteiger charge is 2.08. The fourth-order valence-electron chi connectivity index (χ4n) is 1.35. The van der Waals surface area contributed by atoms with Crippen LogP contribution in [0.25, 0.3) is 10.9 Å². The van der Waals surface area contributed by atoms with E-state index in [0.717, 1.165) is 0 Å². The van der Waals surface area contributed by atoms with Gasteiger partial charge >= 0.3 is 0 Å². The molecule has 1 aromatic heterocycles. The van der Waals surface area contributed by atoms with Crippen LogP contribution >= 0.6 is 0 Å². The Morgan fingerprint density at radius 1 is 1.36 bits per heavy atom. The summed E-state index contributed by atoms with van der Waals surface area (Å²) in [5, 5.41) is 0.325. The summed E-state index contributed by atoms with van der Waals surface area (Å²) in [5.74, 6) is -0.415. The minimum absolute atomic E-state index is 0.124. The summed E-state index contributed by atoms with van der Waals surface area (Å²) in [6.07, 6.45) is 1.41. The summed E-state index contributed by atoms with van der Waals surface area (Å²) in [6.45, 7) is 0. The molecular weight excluding hydrogens is 185 g/mol. The van der Waals surface area contributed by atoms with E-state index >= 15 is 0 Å². The maximum atomic E-state index is 13.6. The molecule has 72 valence electrons. The van der Waals surface area contributed by atoms with Crippen LogP contribution < -0.4 is 10.2 Å². The number of rotatable bonds is 1. The molecule has 0 fully saturated rings. The molecule has 0 saturated heterocycles. The Kier molecular flexibility index (Phi) is 1.96. The normalized spacial score (nSPS) is 10.4. The molecule has 4 heteroatoms. The predicted molar refractivity (Wildman–Crippen MR) is 51.1 cm³/mol. The molecule has 3 nitrogen and oxygen atoms in total. The Labute approximate surface area is 79.1 Å². The number of halogens is 1. The van der Waals surface area contributed by atoms with Crippen LogP contribution in [0.4, 0.5) is 4.39 Å². The van der Waals surface area contributed by atoms with Crippen LogP contribution in [-0.2, 0) is 0 Å². The Morgan fingerprint density at radius 3 is 2.86 bits per heavy atom. The average molecular weight is 193 g/mol. The molecule has 2 rings (SSSR count). The van der Waals surface area contributed by atoms with E-state index < -0.39 is 5.82 Å². The number of aromatic nitrogens is 1. The summed E-state index contributed by atoms with van der Waals surface area (Å²) in [6, 6.07) is 4.33. The number of ether oxygens (including phenoxy) is 1. The van der Waals surface area contributed by atoms with Crippen LogP contribution in [0, 0.1) is 5.82 Å². The third-order valence-electron chi connectivity index (χ3n) is 2.05. The number of hydrogen-bond acceptors (Lipinski definition) is 2. The van der Waals surface area contributed by atoms with Crippen molar-refractivity contribution in [3.8, 4) is 5.75 Å². The van der Waals surface area contributed by atoms with Gasteiger partial charge in [0.1, 0.15) is 0 Å². The average Bonchev–Trinajstić information content (AvgIpc) is 2.20. The summed E-state index contributed by atoms with van der Waals surface area (Å²) in [7, 11) is 1.38. The van der Waals surface area contributed by atoms with Crippen LogP contribution in [-0.4, -0.2) is 12.1 Å². The molecule has 1 aromatic carbocycles. The molecule has 0 spiro atoms. The largest absolute Gasteiger partial charge is 0.494 e. The van der Waals surface area contributed by atoms with Crippen LogP contribution in [0.1, 0.15) is 0 Å². The number of pyridine rings is 1. The summed E-state index contributed by atoms with van der Waals surface area (Å²) in [4.78, 5) is 14.0.